The number of alkyl halides is 3. The first-order chi connectivity index (χ1) is 6.10. The molecular formula is C9H13F3O2. The summed E-state index contributed by atoms with van der Waals surface area (Å²) in [4.78, 5) is 10.9. The number of halogens is 3. The summed E-state index contributed by atoms with van der Waals surface area (Å²) in [5.41, 5.74) is -0.681. The van der Waals surface area contributed by atoms with Crippen molar-refractivity contribution in [2.45, 2.75) is 39.0 Å². The van der Waals surface area contributed by atoms with Crippen molar-refractivity contribution in [2.24, 2.45) is 0 Å². The molecule has 0 amide bonds. The number of ether oxygens (including phenoxy) is 1. The van der Waals surface area contributed by atoms with Gasteiger partial charge in [-0.1, -0.05) is 6.08 Å². The zero-order valence-electron chi connectivity index (χ0n) is 8.31. The molecule has 0 aliphatic carbocycles. The maximum Gasteiger partial charge on any atom is 0.392 e. The lowest BCUT2D eigenvalue weighted by Gasteiger charge is -2.17. The fourth-order valence-corrected chi connectivity index (χ4v) is 0.625. The Labute approximate surface area is 80.7 Å². The standard InChI is InChI=1S/C9H13F3O2/c1-8(2,3)14-7(13)5-4-6-9(10,11)12/h4-5H,6H2,1-3H3/b5-4+. The SMILES string of the molecule is CC(C)(C)OC(=O)/C=C/CC(F)(F)F. The van der Waals surface area contributed by atoms with Crippen molar-refractivity contribution in [3.63, 3.8) is 0 Å². The molecule has 82 valence electrons. The molecule has 0 aromatic rings. The van der Waals surface area contributed by atoms with Gasteiger partial charge in [0, 0.05) is 6.08 Å². The van der Waals surface area contributed by atoms with E-state index in [1.165, 1.54) is 0 Å². The van der Waals surface area contributed by atoms with Crippen molar-refractivity contribution >= 4 is 5.97 Å². The van der Waals surface area contributed by atoms with Gasteiger partial charge in [-0.15, -0.1) is 0 Å². The van der Waals surface area contributed by atoms with Crippen LogP contribution >= 0.6 is 0 Å². The van der Waals surface area contributed by atoms with Crippen LogP contribution in [0, 0.1) is 0 Å². The average Bonchev–Trinajstić information content (AvgIpc) is 1.78. The molecule has 0 aliphatic heterocycles. The molecule has 0 radical (unpaired) electrons. The number of allylic oxidation sites excluding steroid dienone is 1. The lowest BCUT2D eigenvalue weighted by molar-refractivity contribution is -0.148. The summed E-state index contributed by atoms with van der Waals surface area (Å²) >= 11 is 0. The number of rotatable bonds is 2. The average molecular weight is 210 g/mol. The summed E-state index contributed by atoms with van der Waals surface area (Å²) < 4.78 is 39.7. The van der Waals surface area contributed by atoms with E-state index in [0.29, 0.717) is 0 Å². The van der Waals surface area contributed by atoms with Gasteiger partial charge in [0.15, 0.2) is 0 Å². The molecule has 0 saturated heterocycles. The highest BCUT2D eigenvalue weighted by molar-refractivity contribution is 5.82. The van der Waals surface area contributed by atoms with Gasteiger partial charge in [-0.2, -0.15) is 13.2 Å². The zero-order valence-corrected chi connectivity index (χ0v) is 8.31. The Hall–Kier alpha value is -1.00. The molecular weight excluding hydrogens is 197 g/mol. The fraction of sp³-hybridized carbons (Fsp3) is 0.667. The van der Waals surface area contributed by atoms with Gasteiger partial charge in [-0.3, -0.25) is 0 Å². The molecule has 0 unspecified atom stereocenters. The zero-order chi connectivity index (χ0) is 11.4. The van der Waals surface area contributed by atoms with Crippen molar-refractivity contribution < 1.29 is 22.7 Å². The van der Waals surface area contributed by atoms with Crippen LogP contribution in [0.1, 0.15) is 27.2 Å². The first-order valence-corrected chi connectivity index (χ1v) is 4.06. The summed E-state index contributed by atoms with van der Waals surface area (Å²) in [6, 6.07) is 0. The van der Waals surface area contributed by atoms with E-state index >= 15 is 0 Å². The van der Waals surface area contributed by atoms with Gasteiger partial charge < -0.3 is 4.74 Å². The summed E-state index contributed by atoms with van der Waals surface area (Å²) in [6.07, 6.45) is -3.86. The van der Waals surface area contributed by atoms with E-state index in [1.807, 2.05) is 0 Å². The smallest absolute Gasteiger partial charge is 0.392 e. The summed E-state index contributed by atoms with van der Waals surface area (Å²) in [5.74, 6) is -0.762. The third-order valence-corrected chi connectivity index (χ3v) is 1.01. The Morgan fingerprint density at radius 1 is 1.29 bits per heavy atom. The van der Waals surface area contributed by atoms with Gasteiger partial charge in [0.25, 0.3) is 0 Å². The van der Waals surface area contributed by atoms with E-state index in [2.05, 4.69) is 0 Å². The second-order valence-electron chi connectivity index (χ2n) is 3.76. The van der Waals surface area contributed by atoms with Crippen LogP contribution in [-0.4, -0.2) is 17.7 Å². The minimum absolute atomic E-state index is 0.681. The number of esters is 1. The predicted octanol–water partition coefficient (Wildman–Crippen LogP) is 2.84. The molecule has 0 spiro atoms. The Balaban J connectivity index is 3.96. The molecule has 0 bridgehead atoms. The largest absolute Gasteiger partial charge is 0.457 e. The lowest BCUT2D eigenvalue weighted by Crippen LogP contribution is -2.22. The van der Waals surface area contributed by atoms with E-state index < -0.39 is 24.2 Å². The maximum atomic E-state index is 11.6. The number of hydrogen-bond acceptors (Lipinski definition) is 2. The van der Waals surface area contributed by atoms with Crippen molar-refractivity contribution in [2.75, 3.05) is 0 Å². The maximum absolute atomic E-state index is 11.6. The summed E-state index contributed by atoms with van der Waals surface area (Å²) in [5, 5.41) is 0. The van der Waals surface area contributed by atoms with Crippen molar-refractivity contribution in [3.05, 3.63) is 12.2 Å². The Kier molecular flexibility index (Phi) is 4.16. The van der Waals surface area contributed by atoms with Crippen molar-refractivity contribution in [1.82, 2.24) is 0 Å². The lowest BCUT2D eigenvalue weighted by atomic mass is 10.2. The second-order valence-corrected chi connectivity index (χ2v) is 3.76. The summed E-state index contributed by atoms with van der Waals surface area (Å²) in [6.45, 7) is 4.92. The monoisotopic (exact) mass is 210 g/mol. The molecule has 0 heterocycles. The molecule has 0 N–H and O–H groups in total. The first kappa shape index (κ1) is 13.0. The second kappa shape index (κ2) is 4.48. The van der Waals surface area contributed by atoms with Crippen molar-refractivity contribution in [1.29, 1.82) is 0 Å². The number of carbonyl (C=O) groups excluding carboxylic acids is 1. The minimum Gasteiger partial charge on any atom is -0.457 e. The van der Waals surface area contributed by atoms with Crippen molar-refractivity contribution in [3.8, 4) is 0 Å². The highest BCUT2D eigenvalue weighted by Crippen LogP contribution is 2.19. The Bertz CT molecular complexity index is 223. The van der Waals surface area contributed by atoms with Crippen LogP contribution in [0.15, 0.2) is 12.2 Å². The van der Waals surface area contributed by atoms with E-state index in [1.54, 1.807) is 20.8 Å². The topological polar surface area (TPSA) is 26.3 Å². The third kappa shape index (κ3) is 9.09. The van der Waals surface area contributed by atoms with Gasteiger partial charge in [-0.25, -0.2) is 4.79 Å². The van der Waals surface area contributed by atoms with Gasteiger partial charge in [-0.05, 0) is 20.8 Å². The van der Waals surface area contributed by atoms with E-state index in [4.69, 9.17) is 4.74 Å². The van der Waals surface area contributed by atoms with Gasteiger partial charge in [0.1, 0.15) is 5.60 Å². The number of carbonyl (C=O) groups is 1. The van der Waals surface area contributed by atoms with Gasteiger partial charge in [0.05, 0.1) is 6.42 Å². The molecule has 2 nitrogen and oxygen atoms in total. The van der Waals surface area contributed by atoms with Crippen LogP contribution in [0.5, 0.6) is 0 Å². The number of hydrogen-bond donors (Lipinski definition) is 0. The molecule has 0 fully saturated rings. The molecule has 0 aromatic heterocycles. The van der Waals surface area contributed by atoms with E-state index in [0.717, 1.165) is 12.2 Å². The third-order valence-electron chi connectivity index (χ3n) is 1.01. The Morgan fingerprint density at radius 2 is 1.79 bits per heavy atom. The molecule has 0 aromatic carbocycles. The molecule has 0 aliphatic rings. The normalized spacial score (nSPS) is 13.3. The highest BCUT2D eigenvalue weighted by atomic mass is 19.4. The van der Waals surface area contributed by atoms with Crippen LogP contribution < -0.4 is 0 Å². The molecule has 0 saturated carbocycles. The summed E-state index contributed by atoms with van der Waals surface area (Å²) in [7, 11) is 0. The minimum atomic E-state index is -4.28. The van der Waals surface area contributed by atoms with Crippen LogP contribution in [-0.2, 0) is 9.53 Å². The molecule has 0 atom stereocenters. The van der Waals surface area contributed by atoms with Crippen LogP contribution in [0.2, 0.25) is 0 Å². The predicted molar refractivity (Wildman–Crippen MR) is 45.7 cm³/mol. The quantitative estimate of drug-likeness (QED) is 0.517. The fourth-order valence-electron chi connectivity index (χ4n) is 0.625. The first-order valence-electron chi connectivity index (χ1n) is 4.06. The van der Waals surface area contributed by atoms with Crippen LogP contribution in [0.3, 0.4) is 0 Å². The van der Waals surface area contributed by atoms with Gasteiger partial charge in [0.2, 0.25) is 0 Å². The van der Waals surface area contributed by atoms with E-state index in [-0.39, 0.29) is 0 Å². The molecule has 0 rings (SSSR count). The van der Waals surface area contributed by atoms with Gasteiger partial charge >= 0.3 is 12.1 Å². The Morgan fingerprint density at radius 3 is 2.14 bits per heavy atom. The van der Waals surface area contributed by atoms with E-state index in [9.17, 15) is 18.0 Å². The molecule has 5 heteroatoms. The van der Waals surface area contributed by atoms with Crippen LogP contribution in [0.4, 0.5) is 13.2 Å². The molecule has 14 heavy (non-hydrogen) atoms. The van der Waals surface area contributed by atoms with Crippen LogP contribution in [0.25, 0.3) is 0 Å². The highest BCUT2D eigenvalue weighted by Gasteiger charge is 2.25.